The number of benzene rings is 1. The first-order valence-corrected chi connectivity index (χ1v) is 13.7. The molecule has 220 valence electrons. The summed E-state index contributed by atoms with van der Waals surface area (Å²) in [6.45, 7) is 0.0136. The normalized spacial score (nSPS) is 18.4. The van der Waals surface area contributed by atoms with Gasteiger partial charge in [-0.3, -0.25) is 14.5 Å². The number of carbonyl (C=O) groups excluding carboxylic acids is 2. The van der Waals surface area contributed by atoms with E-state index in [1.54, 1.807) is 29.6 Å². The molecular formula is C22H19BrF3N5O8S2. The molecule has 4 rings (SSSR count). The van der Waals surface area contributed by atoms with Crippen LogP contribution in [0.2, 0.25) is 0 Å². The Morgan fingerprint density at radius 2 is 1.90 bits per heavy atom. The lowest BCUT2D eigenvalue weighted by atomic mass is 10.0. The Labute approximate surface area is 245 Å². The molecule has 1 saturated heterocycles. The number of aromatic nitrogens is 1. The molecule has 2 amide bonds. The highest BCUT2D eigenvalue weighted by molar-refractivity contribution is 9.10. The molecule has 2 aliphatic rings. The number of thiazole rings is 1. The Balaban J connectivity index is 0.000000587. The van der Waals surface area contributed by atoms with E-state index in [2.05, 4.69) is 31.4 Å². The number of anilines is 1. The van der Waals surface area contributed by atoms with Crippen LogP contribution in [0.1, 0.15) is 5.69 Å². The molecule has 1 unspecified atom stereocenters. The van der Waals surface area contributed by atoms with Crippen LogP contribution in [-0.4, -0.2) is 86.6 Å². The van der Waals surface area contributed by atoms with Gasteiger partial charge in [0.05, 0.1) is 0 Å². The second-order valence-electron chi connectivity index (χ2n) is 7.86. The fraction of sp³-hybridized carbons (Fsp3) is 0.273. The number of rotatable bonds is 8. The zero-order chi connectivity index (χ0) is 30.5. The number of nitrogens with zero attached hydrogens (tertiary/aromatic N) is 3. The van der Waals surface area contributed by atoms with Crippen LogP contribution in [0.5, 0.6) is 5.75 Å². The quantitative estimate of drug-likeness (QED) is 0.181. The molecule has 1 aromatic carbocycles. The SMILES string of the molecule is CO/N=C(\C(=O)NC1C(=O)N2C(C(=O)O)=C(COc3ccc(Br)cc3)CS[C@H]12)c1csc(N)n1.O=C(O)C(F)(F)F. The topological polar surface area (TPSA) is 194 Å². The minimum absolute atomic E-state index is 0.0136. The number of fused-ring (bicyclic) bond motifs is 1. The molecule has 0 radical (unpaired) electrons. The van der Waals surface area contributed by atoms with Crippen molar-refractivity contribution in [3.05, 3.63) is 51.1 Å². The third-order valence-electron chi connectivity index (χ3n) is 5.17. The zero-order valence-corrected chi connectivity index (χ0v) is 23.8. The van der Waals surface area contributed by atoms with Crippen LogP contribution in [0, 0.1) is 0 Å². The van der Waals surface area contributed by atoms with Gasteiger partial charge in [-0.1, -0.05) is 21.1 Å². The number of aliphatic carboxylic acids is 2. The third kappa shape index (κ3) is 7.67. The number of carboxylic acid groups (broad SMARTS) is 2. The number of amides is 2. The standard InChI is InChI=1S/C20H18BrN5O6S2.C2HF3O2/c1-31-25-13(12-8-34-20(22)23-12)16(27)24-14-17(28)26-15(19(29)30)9(7-33-18(14)26)6-32-11-4-2-10(21)3-5-11;3-2(4,5)1(6)7/h2-5,8,14,18H,6-7H2,1H3,(H2,22,23)(H,24,27)(H,29,30);(H,6,7)/b25-13-;/t14?,18-;/m1./s1. The monoisotopic (exact) mass is 681 g/mol. The van der Waals surface area contributed by atoms with Crippen LogP contribution in [0.15, 0.2) is 50.5 Å². The van der Waals surface area contributed by atoms with E-state index >= 15 is 0 Å². The second-order valence-corrected chi connectivity index (χ2v) is 10.8. The number of carbonyl (C=O) groups is 4. The highest BCUT2D eigenvalue weighted by Gasteiger charge is 2.54. The molecule has 2 atom stereocenters. The molecule has 1 fully saturated rings. The summed E-state index contributed by atoms with van der Waals surface area (Å²) in [4.78, 5) is 56.5. The van der Waals surface area contributed by atoms with Crippen molar-refractivity contribution in [1.82, 2.24) is 15.2 Å². The number of thioether (sulfide) groups is 1. The molecule has 0 spiro atoms. The number of hydrogen-bond donors (Lipinski definition) is 4. The van der Waals surface area contributed by atoms with Gasteiger partial charge in [-0.2, -0.15) is 13.2 Å². The summed E-state index contributed by atoms with van der Waals surface area (Å²) in [6.07, 6.45) is -5.08. The van der Waals surface area contributed by atoms with E-state index in [9.17, 15) is 32.7 Å². The van der Waals surface area contributed by atoms with Gasteiger partial charge in [0.25, 0.3) is 11.8 Å². The van der Waals surface area contributed by atoms with Gasteiger partial charge in [0.15, 0.2) is 10.8 Å². The number of nitrogens with two attached hydrogens (primary N) is 1. The molecule has 2 aromatic rings. The number of hydrogen-bond acceptors (Lipinski definition) is 11. The van der Waals surface area contributed by atoms with Gasteiger partial charge < -0.3 is 30.8 Å². The number of β-lactam (4-membered cyclic amide) rings is 1. The Morgan fingerprint density at radius 1 is 1.27 bits per heavy atom. The predicted molar refractivity (Wildman–Crippen MR) is 143 cm³/mol. The molecule has 2 aliphatic heterocycles. The summed E-state index contributed by atoms with van der Waals surface area (Å²) in [5.41, 5.74) is 6.04. The summed E-state index contributed by atoms with van der Waals surface area (Å²) < 4.78 is 38.3. The van der Waals surface area contributed by atoms with Crippen molar-refractivity contribution >= 4 is 73.6 Å². The Hall–Kier alpha value is -3.84. The van der Waals surface area contributed by atoms with Crippen LogP contribution in [-0.2, 0) is 24.0 Å². The molecule has 19 heteroatoms. The van der Waals surface area contributed by atoms with Crippen molar-refractivity contribution in [1.29, 1.82) is 0 Å². The molecule has 3 heterocycles. The smallest absolute Gasteiger partial charge is 0.489 e. The summed E-state index contributed by atoms with van der Waals surface area (Å²) in [5, 5.41) is 24.4. The van der Waals surface area contributed by atoms with Crippen LogP contribution in [0.3, 0.4) is 0 Å². The third-order valence-corrected chi connectivity index (χ3v) is 7.71. The van der Waals surface area contributed by atoms with Crippen molar-refractivity contribution in [3.63, 3.8) is 0 Å². The highest BCUT2D eigenvalue weighted by atomic mass is 79.9. The first-order valence-electron chi connectivity index (χ1n) is 11.0. The van der Waals surface area contributed by atoms with Gasteiger partial charge in [0.1, 0.15) is 42.3 Å². The summed E-state index contributed by atoms with van der Waals surface area (Å²) >= 11 is 5.80. The lowest BCUT2D eigenvalue weighted by molar-refractivity contribution is -0.192. The fourth-order valence-electron chi connectivity index (χ4n) is 3.40. The van der Waals surface area contributed by atoms with Gasteiger partial charge in [0, 0.05) is 21.2 Å². The van der Waals surface area contributed by atoms with Crippen molar-refractivity contribution in [2.24, 2.45) is 5.16 Å². The van der Waals surface area contributed by atoms with Crippen molar-refractivity contribution < 1.29 is 52.1 Å². The van der Waals surface area contributed by atoms with Crippen LogP contribution in [0.4, 0.5) is 18.3 Å². The Morgan fingerprint density at radius 3 is 2.41 bits per heavy atom. The molecule has 0 aliphatic carbocycles. The second kappa shape index (κ2) is 13.2. The lowest BCUT2D eigenvalue weighted by Gasteiger charge is -2.49. The van der Waals surface area contributed by atoms with Gasteiger partial charge in [0.2, 0.25) is 0 Å². The molecule has 1 aromatic heterocycles. The number of nitrogen functional groups attached to an aromatic ring is 1. The maximum atomic E-state index is 12.9. The van der Waals surface area contributed by atoms with E-state index in [1.165, 1.54) is 23.8 Å². The number of nitrogens with one attached hydrogen (secondary N) is 1. The van der Waals surface area contributed by atoms with Crippen LogP contribution >= 0.6 is 39.0 Å². The zero-order valence-electron chi connectivity index (χ0n) is 20.5. The molecular weight excluding hydrogens is 663 g/mol. The van der Waals surface area contributed by atoms with E-state index < -0.39 is 41.3 Å². The molecule has 5 N–H and O–H groups in total. The van der Waals surface area contributed by atoms with Gasteiger partial charge in [-0.05, 0) is 24.3 Å². The minimum Gasteiger partial charge on any atom is -0.489 e. The van der Waals surface area contributed by atoms with Crippen LogP contribution in [0.25, 0.3) is 0 Å². The molecule has 13 nitrogen and oxygen atoms in total. The lowest BCUT2D eigenvalue weighted by Crippen LogP contribution is -2.71. The average molecular weight is 682 g/mol. The van der Waals surface area contributed by atoms with Crippen molar-refractivity contribution in [2.45, 2.75) is 17.6 Å². The number of halogens is 4. The molecule has 0 saturated carbocycles. The Kier molecular flexibility index (Phi) is 10.2. The summed E-state index contributed by atoms with van der Waals surface area (Å²) in [6, 6.07) is 6.18. The first kappa shape index (κ1) is 31.7. The van der Waals surface area contributed by atoms with Crippen molar-refractivity contribution in [2.75, 3.05) is 25.2 Å². The Bertz CT molecular complexity index is 1400. The highest BCUT2D eigenvalue weighted by Crippen LogP contribution is 2.40. The number of ether oxygens (including phenoxy) is 1. The van der Waals surface area contributed by atoms with E-state index in [4.69, 9.17) is 25.2 Å². The average Bonchev–Trinajstić information content (AvgIpc) is 3.34. The van der Waals surface area contributed by atoms with Crippen molar-refractivity contribution in [3.8, 4) is 5.75 Å². The molecule has 0 bridgehead atoms. The number of carboxylic acids is 2. The summed E-state index contributed by atoms with van der Waals surface area (Å²) in [7, 11) is 1.28. The number of alkyl halides is 3. The first-order chi connectivity index (χ1) is 19.2. The van der Waals surface area contributed by atoms with E-state index in [0.29, 0.717) is 17.1 Å². The van der Waals surface area contributed by atoms with Gasteiger partial charge in [-0.25, -0.2) is 14.6 Å². The largest absolute Gasteiger partial charge is 0.490 e. The predicted octanol–water partition coefficient (Wildman–Crippen LogP) is 2.29. The van der Waals surface area contributed by atoms with Gasteiger partial charge in [-0.15, -0.1) is 23.1 Å². The maximum absolute atomic E-state index is 12.9. The summed E-state index contributed by atoms with van der Waals surface area (Å²) in [5.74, 6) is -4.33. The van der Waals surface area contributed by atoms with Gasteiger partial charge >= 0.3 is 18.1 Å². The van der Waals surface area contributed by atoms with E-state index in [-0.39, 0.29) is 28.8 Å². The maximum Gasteiger partial charge on any atom is 0.490 e. The van der Waals surface area contributed by atoms with E-state index in [0.717, 1.165) is 15.8 Å². The number of oxime groups is 1. The van der Waals surface area contributed by atoms with Crippen LogP contribution < -0.4 is 15.8 Å². The molecule has 41 heavy (non-hydrogen) atoms. The fourth-order valence-corrected chi connectivity index (χ4v) is 5.54. The minimum atomic E-state index is -5.08. The van der Waals surface area contributed by atoms with E-state index in [1.807, 2.05) is 0 Å².